The van der Waals surface area contributed by atoms with E-state index in [-0.39, 0.29) is 16.8 Å². The lowest BCUT2D eigenvalue weighted by molar-refractivity contribution is 0.0734. The van der Waals surface area contributed by atoms with Crippen LogP contribution in [0.5, 0.6) is 11.5 Å². The smallest absolute Gasteiger partial charge is 0.261 e. The van der Waals surface area contributed by atoms with Crippen molar-refractivity contribution in [2.24, 2.45) is 0 Å². The highest BCUT2D eigenvalue weighted by Crippen LogP contribution is 2.39. The van der Waals surface area contributed by atoms with Gasteiger partial charge in [0.2, 0.25) is 0 Å². The Morgan fingerprint density at radius 3 is 2.48 bits per heavy atom. The van der Waals surface area contributed by atoms with Gasteiger partial charge in [-0.15, -0.1) is 0 Å². The van der Waals surface area contributed by atoms with Crippen molar-refractivity contribution >= 4 is 21.6 Å². The lowest BCUT2D eigenvalue weighted by Gasteiger charge is -2.27. The van der Waals surface area contributed by atoms with Gasteiger partial charge in [-0.05, 0) is 55.3 Å². The average molecular weight is 467 g/mol. The Bertz CT molecular complexity index is 1240. The highest BCUT2D eigenvalue weighted by molar-refractivity contribution is 7.92. The maximum absolute atomic E-state index is 13.4. The molecule has 0 bridgehead atoms. The van der Waals surface area contributed by atoms with E-state index in [2.05, 4.69) is 4.72 Å². The van der Waals surface area contributed by atoms with Crippen LogP contribution in [0.2, 0.25) is 0 Å². The molecule has 0 saturated carbocycles. The molecule has 8 heteroatoms. The standard InChI is InChI=1S/C25H26N2O5S/c1-31-20-13-14-22(24(17-20)32-2)23-12-7-15-27(23)25(28)18-8-6-9-19(16-18)26-33(29,30)21-10-4-3-5-11-21/h3-6,8-11,13-14,16-17,23,26H,7,12,15H2,1-2H3/t23-/m0/s1. The molecule has 0 unspecified atom stereocenters. The van der Waals surface area contributed by atoms with Crippen LogP contribution in [0.4, 0.5) is 5.69 Å². The predicted octanol–water partition coefficient (Wildman–Crippen LogP) is 4.48. The number of likely N-dealkylation sites (tertiary alicyclic amines) is 1. The summed E-state index contributed by atoms with van der Waals surface area (Å²) in [5.41, 5.74) is 1.68. The van der Waals surface area contributed by atoms with Crippen molar-refractivity contribution in [1.29, 1.82) is 0 Å². The molecule has 7 nitrogen and oxygen atoms in total. The van der Waals surface area contributed by atoms with Crippen LogP contribution >= 0.6 is 0 Å². The zero-order valence-corrected chi connectivity index (χ0v) is 19.3. The van der Waals surface area contributed by atoms with E-state index in [4.69, 9.17) is 9.47 Å². The molecule has 1 saturated heterocycles. The first kappa shape index (κ1) is 22.7. The molecule has 1 aliphatic rings. The normalized spacial score (nSPS) is 15.8. The third-order valence-electron chi connectivity index (χ3n) is 5.73. The van der Waals surface area contributed by atoms with Crippen LogP contribution < -0.4 is 14.2 Å². The quantitative estimate of drug-likeness (QED) is 0.555. The summed E-state index contributed by atoms with van der Waals surface area (Å²) in [6.07, 6.45) is 1.68. The molecule has 3 aromatic carbocycles. The van der Waals surface area contributed by atoms with Crippen LogP contribution in [0.25, 0.3) is 0 Å². The van der Waals surface area contributed by atoms with Crippen LogP contribution in [0.1, 0.15) is 34.8 Å². The minimum atomic E-state index is -3.75. The summed E-state index contributed by atoms with van der Waals surface area (Å²) in [7, 11) is -0.553. The Labute approximate surface area is 194 Å². The van der Waals surface area contributed by atoms with Gasteiger partial charge in [-0.3, -0.25) is 9.52 Å². The molecule has 3 aromatic rings. The fourth-order valence-corrected chi connectivity index (χ4v) is 5.19. The lowest BCUT2D eigenvalue weighted by atomic mass is 10.0. The van der Waals surface area contributed by atoms with Crippen molar-refractivity contribution in [2.75, 3.05) is 25.5 Å². The highest BCUT2D eigenvalue weighted by Gasteiger charge is 2.32. The topological polar surface area (TPSA) is 84.9 Å². The van der Waals surface area contributed by atoms with E-state index < -0.39 is 10.0 Å². The van der Waals surface area contributed by atoms with E-state index in [1.54, 1.807) is 56.7 Å². The number of methoxy groups -OCH3 is 2. The van der Waals surface area contributed by atoms with Crippen molar-refractivity contribution in [2.45, 2.75) is 23.8 Å². The number of nitrogens with one attached hydrogen (secondary N) is 1. The van der Waals surface area contributed by atoms with E-state index in [9.17, 15) is 13.2 Å². The summed E-state index contributed by atoms with van der Waals surface area (Å²) in [6.45, 7) is 0.610. The number of sulfonamides is 1. The van der Waals surface area contributed by atoms with Gasteiger partial charge in [0.15, 0.2) is 0 Å². The number of nitrogens with zero attached hydrogens (tertiary/aromatic N) is 1. The lowest BCUT2D eigenvalue weighted by Crippen LogP contribution is -2.30. The Morgan fingerprint density at radius 2 is 1.76 bits per heavy atom. The van der Waals surface area contributed by atoms with Crippen molar-refractivity contribution in [3.05, 3.63) is 83.9 Å². The molecule has 4 rings (SSSR count). The first-order valence-corrected chi connectivity index (χ1v) is 12.1. The molecule has 0 aromatic heterocycles. The number of carbonyl (C=O) groups is 1. The molecule has 1 fully saturated rings. The van der Waals surface area contributed by atoms with Crippen LogP contribution in [0, 0.1) is 0 Å². The van der Waals surface area contributed by atoms with E-state index >= 15 is 0 Å². The predicted molar refractivity (Wildman–Crippen MR) is 126 cm³/mol. The number of amides is 1. The first-order chi connectivity index (χ1) is 15.9. The molecule has 0 spiro atoms. The van der Waals surface area contributed by atoms with Crippen LogP contribution in [-0.4, -0.2) is 40.0 Å². The molecule has 1 N–H and O–H groups in total. The number of ether oxygens (including phenoxy) is 2. The summed E-state index contributed by atoms with van der Waals surface area (Å²) >= 11 is 0. The molecule has 33 heavy (non-hydrogen) atoms. The monoisotopic (exact) mass is 466 g/mol. The van der Waals surface area contributed by atoms with Crippen molar-refractivity contribution in [3.63, 3.8) is 0 Å². The maximum Gasteiger partial charge on any atom is 0.261 e. The van der Waals surface area contributed by atoms with E-state index in [0.717, 1.165) is 18.4 Å². The first-order valence-electron chi connectivity index (χ1n) is 10.6. The molecule has 0 aliphatic carbocycles. The fourth-order valence-electron chi connectivity index (χ4n) is 4.12. The zero-order chi connectivity index (χ0) is 23.4. The number of carbonyl (C=O) groups excluding carboxylic acids is 1. The summed E-state index contributed by atoms with van der Waals surface area (Å²) in [5, 5.41) is 0. The van der Waals surface area contributed by atoms with Gasteiger partial charge >= 0.3 is 0 Å². The van der Waals surface area contributed by atoms with Gasteiger partial charge in [0.25, 0.3) is 15.9 Å². The molecule has 0 radical (unpaired) electrons. The van der Waals surface area contributed by atoms with E-state index in [1.807, 2.05) is 23.1 Å². The summed E-state index contributed by atoms with van der Waals surface area (Å²) < 4.78 is 38.7. The second-order valence-electron chi connectivity index (χ2n) is 7.76. The van der Waals surface area contributed by atoms with E-state index in [0.29, 0.717) is 29.3 Å². The largest absolute Gasteiger partial charge is 0.497 e. The van der Waals surface area contributed by atoms with Crippen LogP contribution in [0.3, 0.4) is 0 Å². The molecular weight excluding hydrogens is 440 g/mol. The minimum Gasteiger partial charge on any atom is -0.497 e. The number of benzene rings is 3. The van der Waals surface area contributed by atoms with Crippen LogP contribution in [-0.2, 0) is 10.0 Å². The number of hydrogen-bond acceptors (Lipinski definition) is 5. The van der Waals surface area contributed by atoms with Crippen molar-refractivity contribution in [1.82, 2.24) is 4.90 Å². The van der Waals surface area contributed by atoms with Gasteiger partial charge in [0.05, 0.1) is 25.2 Å². The summed E-state index contributed by atoms with van der Waals surface area (Å²) in [5.74, 6) is 1.20. The molecule has 1 heterocycles. The maximum atomic E-state index is 13.4. The SMILES string of the molecule is COc1ccc([C@@H]2CCCN2C(=O)c2cccc(NS(=O)(=O)c3ccccc3)c2)c(OC)c1. The Balaban J connectivity index is 1.58. The average Bonchev–Trinajstić information content (AvgIpc) is 3.33. The Kier molecular flexibility index (Phi) is 6.55. The summed E-state index contributed by atoms with van der Waals surface area (Å²) in [6, 6.07) is 20.2. The Hall–Kier alpha value is -3.52. The third-order valence-corrected chi connectivity index (χ3v) is 7.13. The third kappa shape index (κ3) is 4.80. The highest BCUT2D eigenvalue weighted by atomic mass is 32.2. The molecular formula is C25H26N2O5S. The van der Waals surface area contributed by atoms with Crippen molar-refractivity contribution in [3.8, 4) is 11.5 Å². The van der Waals surface area contributed by atoms with Gasteiger partial charge in [0, 0.05) is 29.4 Å². The molecule has 172 valence electrons. The Morgan fingerprint density at radius 1 is 0.970 bits per heavy atom. The van der Waals surface area contributed by atoms with Gasteiger partial charge in [-0.25, -0.2) is 8.42 Å². The van der Waals surface area contributed by atoms with E-state index in [1.165, 1.54) is 12.1 Å². The minimum absolute atomic E-state index is 0.136. The number of rotatable bonds is 7. The number of anilines is 1. The molecule has 1 aliphatic heterocycles. The van der Waals surface area contributed by atoms with Gasteiger partial charge < -0.3 is 14.4 Å². The van der Waals surface area contributed by atoms with Crippen LogP contribution in [0.15, 0.2) is 77.7 Å². The summed E-state index contributed by atoms with van der Waals surface area (Å²) in [4.78, 5) is 15.4. The number of hydrogen-bond donors (Lipinski definition) is 1. The molecule has 1 amide bonds. The van der Waals surface area contributed by atoms with Gasteiger partial charge in [-0.2, -0.15) is 0 Å². The molecule has 1 atom stereocenters. The van der Waals surface area contributed by atoms with Gasteiger partial charge in [-0.1, -0.05) is 24.3 Å². The zero-order valence-electron chi connectivity index (χ0n) is 18.5. The fraction of sp³-hybridized carbons (Fsp3) is 0.240. The second-order valence-corrected chi connectivity index (χ2v) is 9.45. The second kappa shape index (κ2) is 9.54. The van der Waals surface area contributed by atoms with Crippen molar-refractivity contribution < 1.29 is 22.7 Å². The van der Waals surface area contributed by atoms with Gasteiger partial charge in [0.1, 0.15) is 11.5 Å².